The fourth-order valence-electron chi connectivity index (χ4n) is 2.40. The van der Waals surface area contributed by atoms with Crippen LogP contribution in [0, 0.1) is 15.9 Å². The van der Waals surface area contributed by atoms with Gasteiger partial charge in [0.05, 0.1) is 16.7 Å². The van der Waals surface area contributed by atoms with Crippen LogP contribution in [0.4, 0.5) is 27.5 Å². The Morgan fingerprint density at radius 1 is 1.14 bits per heavy atom. The molecule has 0 saturated carbocycles. The first-order valence-corrected chi connectivity index (χ1v) is 8.03. The summed E-state index contributed by atoms with van der Waals surface area (Å²) in [4.78, 5) is 29.7. The summed E-state index contributed by atoms with van der Waals surface area (Å²) >= 11 is 0. The molecule has 2 aromatic carbocycles. The Morgan fingerprint density at radius 2 is 1.89 bits per heavy atom. The molecule has 0 aliphatic carbocycles. The van der Waals surface area contributed by atoms with Crippen LogP contribution >= 0.6 is 0 Å². The van der Waals surface area contributed by atoms with E-state index in [1.807, 2.05) is 6.07 Å². The van der Waals surface area contributed by atoms with Gasteiger partial charge in [0.2, 0.25) is 5.95 Å². The molecule has 0 amide bonds. The van der Waals surface area contributed by atoms with Gasteiger partial charge in [0.15, 0.2) is 0 Å². The minimum atomic E-state index is -1.10. The van der Waals surface area contributed by atoms with E-state index in [4.69, 9.17) is 5.11 Å². The maximum Gasteiger partial charge on any atom is 0.322 e. The van der Waals surface area contributed by atoms with Gasteiger partial charge in [0, 0.05) is 11.6 Å². The van der Waals surface area contributed by atoms with E-state index in [2.05, 4.69) is 20.6 Å². The third kappa shape index (κ3) is 4.55. The highest BCUT2D eigenvalue weighted by atomic mass is 19.1. The number of aliphatic carboxylic acids is 1. The summed E-state index contributed by atoms with van der Waals surface area (Å²) < 4.78 is 13.3. The number of hydrogen-bond acceptors (Lipinski definition) is 7. The second-order valence-electron chi connectivity index (χ2n) is 5.62. The van der Waals surface area contributed by atoms with Crippen LogP contribution in [0.25, 0.3) is 11.3 Å². The molecule has 1 heterocycles. The zero-order valence-corrected chi connectivity index (χ0v) is 14.3. The topological polar surface area (TPSA) is 130 Å². The number of anilines is 3. The molecule has 0 spiro atoms. The van der Waals surface area contributed by atoms with Crippen LogP contribution in [-0.2, 0) is 4.79 Å². The van der Waals surface area contributed by atoms with Crippen molar-refractivity contribution in [3.8, 4) is 11.3 Å². The van der Waals surface area contributed by atoms with E-state index in [0.717, 1.165) is 17.7 Å². The lowest BCUT2D eigenvalue weighted by Gasteiger charge is -2.11. The van der Waals surface area contributed by atoms with Gasteiger partial charge < -0.3 is 15.7 Å². The predicted octanol–water partition coefficient (Wildman–Crippen LogP) is 3.43. The van der Waals surface area contributed by atoms with Crippen LogP contribution in [-0.4, -0.2) is 32.5 Å². The van der Waals surface area contributed by atoms with Crippen LogP contribution in [0.5, 0.6) is 0 Å². The largest absolute Gasteiger partial charge is 0.480 e. The third-order valence-corrected chi connectivity index (χ3v) is 3.61. The molecule has 0 fully saturated rings. The number of nitrogens with one attached hydrogen (secondary N) is 2. The summed E-state index contributed by atoms with van der Waals surface area (Å²) in [6, 6.07) is 13.7. The molecule has 0 saturated heterocycles. The van der Waals surface area contributed by atoms with Crippen LogP contribution in [0.15, 0.2) is 54.6 Å². The Morgan fingerprint density at radius 3 is 2.57 bits per heavy atom. The van der Waals surface area contributed by atoms with E-state index >= 15 is 0 Å². The Kier molecular flexibility index (Phi) is 5.40. The molecule has 28 heavy (non-hydrogen) atoms. The third-order valence-electron chi connectivity index (χ3n) is 3.61. The van der Waals surface area contributed by atoms with Crippen molar-refractivity contribution >= 4 is 29.1 Å². The molecule has 0 bridgehead atoms. The highest BCUT2D eigenvalue weighted by Gasteiger charge is 2.16. The monoisotopic (exact) mass is 383 g/mol. The average molecular weight is 383 g/mol. The Balaban J connectivity index is 2.01. The summed E-state index contributed by atoms with van der Waals surface area (Å²) in [5.74, 6) is -1.64. The highest BCUT2D eigenvalue weighted by molar-refractivity contribution is 5.74. The number of hydrogen-bond donors (Lipinski definition) is 3. The van der Waals surface area contributed by atoms with E-state index in [9.17, 15) is 19.3 Å². The van der Waals surface area contributed by atoms with Crippen molar-refractivity contribution < 1.29 is 19.2 Å². The average Bonchev–Trinajstić information content (AvgIpc) is 2.68. The van der Waals surface area contributed by atoms with Crippen molar-refractivity contribution in [2.24, 2.45) is 0 Å². The second kappa shape index (κ2) is 8.08. The zero-order chi connectivity index (χ0) is 20.1. The van der Waals surface area contributed by atoms with Gasteiger partial charge in [-0.15, -0.1) is 0 Å². The molecule has 3 rings (SSSR count). The van der Waals surface area contributed by atoms with Gasteiger partial charge in [0.1, 0.15) is 23.9 Å². The number of benzene rings is 2. The molecule has 1 aromatic heterocycles. The van der Waals surface area contributed by atoms with Crippen molar-refractivity contribution in [2.75, 3.05) is 17.2 Å². The smallest absolute Gasteiger partial charge is 0.322 e. The summed E-state index contributed by atoms with van der Waals surface area (Å²) in [6.45, 7) is -0.408. The normalized spacial score (nSPS) is 10.3. The number of carbonyl (C=O) groups is 1. The summed E-state index contributed by atoms with van der Waals surface area (Å²) in [5, 5.41) is 25.4. The molecule has 10 heteroatoms. The highest BCUT2D eigenvalue weighted by Crippen LogP contribution is 2.29. The lowest BCUT2D eigenvalue weighted by Crippen LogP contribution is -2.15. The van der Waals surface area contributed by atoms with E-state index in [1.165, 1.54) is 6.07 Å². The standard InChI is InChI=1S/C18H14FN5O4/c19-12-6-7-13(15(8-12)24(27)28)21-16-9-14(11-4-2-1-3-5-11)22-18(23-16)20-10-17(25)26/h1-9H,10H2,(H,25,26)(H2,20,21,22,23). The van der Waals surface area contributed by atoms with E-state index in [-0.39, 0.29) is 17.5 Å². The Labute approximate surface area is 158 Å². The zero-order valence-electron chi connectivity index (χ0n) is 14.3. The Hall–Kier alpha value is -4.08. The second-order valence-corrected chi connectivity index (χ2v) is 5.62. The molecule has 0 aliphatic rings. The SMILES string of the molecule is O=C(O)CNc1nc(Nc2ccc(F)cc2[N+](=O)[O-])cc(-c2ccccc2)n1. The van der Waals surface area contributed by atoms with Crippen LogP contribution in [0.2, 0.25) is 0 Å². The molecular formula is C18H14FN5O4. The number of nitro benzene ring substituents is 1. The number of nitrogens with zero attached hydrogens (tertiary/aromatic N) is 3. The molecule has 0 atom stereocenters. The van der Waals surface area contributed by atoms with Crippen molar-refractivity contribution in [1.29, 1.82) is 0 Å². The van der Waals surface area contributed by atoms with E-state index < -0.39 is 28.9 Å². The lowest BCUT2D eigenvalue weighted by molar-refractivity contribution is -0.384. The fraction of sp³-hybridized carbons (Fsp3) is 0.0556. The van der Waals surface area contributed by atoms with Gasteiger partial charge in [-0.1, -0.05) is 30.3 Å². The van der Waals surface area contributed by atoms with Gasteiger partial charge >= 0.3 is 5.97 Å². The van der Waals surface area contributed by atoms with Gasteiger partial charge in [-0.2, -0.15) is 4.98 Å². The molecule has 0 unspecified atom stereocenters. The van der Waals surface area contributed by atoms with Crippen LogP contribution in [0.1, 0.15) is 0 Å². The number of nitro groups is 1. The van der Waals surface area contributed by atoms with Gasteiger partial charge in [-0.25, -0.2) is 9.37 Å². The number of carboxylic acids is 1. The summed E-state index contributed by atoms with van der Waals surface area (Å²) in [7, 11) is 0. The molecule has 0 radical (unpaired) electrons. The van der Waals surface area contributed by atoms with Crippen LogP contribution in [0.3, 0.4) is 0 Å². The number of carboxylic acid groups (broad SMARTS) is 1. The number of aromatic nitrogens is 2. The van der Waals surface area contributed by atoms with E-state index in [0.29, 0.717) is 5.69 Å². The summed E-state index contributed by atoms with van der Waals surface area (Å²) in [6.07, 6.45) is 0. The lowest BCUT2D eigenvalue weighted by atomic mass is 10.1. The first kappa shape index (κ1) is 18.7. The van der Waals surface area contributed by atoms with Crippen molar-refractivity contribution in [3.63, 3.8) is 0 Å². The fourth-order valence-corrected chi connectivity index (χ4v) is 2.40. The first-order chi connectivity index (χ1) is 13.4. The molecule has 142 valence electrons. The molecule has 3 N–H and O–H groups in total. The van der Waals surface area contributed by atoms with E-state index in [1.54, 1.807) is 30.3 Å². The minimum absolute atomic E-state index is 0.0241. The first-order valence-electron chi connectivity index (χ1n) is 8.03. The van der Waals surface area contributed by atoms with Gasteiger partial charge in [-0.3, -0.25) is 14.9 Å². The number of halogens is 1. The minimum Gasteiger partial charge on any atom is -0.480 e. The number of rotatable bonds is 7. The van der Waals surface area contributed by atoms with Crippen molar-refractivity contribution in [1.82, 2.24) is 9.97 Å². The van der Waals surface area contributed by atoms with Crippen molar-refractivity contribution in [2.45, 2.75) is 0 Å². The maximum absolute atomic E-state index is 13.3. The van der Waals surface area contributed by atoms with Crippen molar-refractivity contribution in [3.05, 3.63) is 70.5 Å². The molecule has 0 aliphatic heterocycles. The Bertz CT molecular complexity index is 1030. The predicted molar refractivity (Wildman–Crippen MR) is 99.9 cm³/mol. The molecule has 9 nitrogen and oxygen atoms in total. The molecular weight excluding hydrogens is 369 g/mol. The quantitative estimate of drug-likeness (QED) is 0.418. The van der Waals surface area contributed by atoms with Gasteiger partial charge in [-0.05, 0) is 12.1 Å². The van der Waals surface area contributed by atoms with Crippen LogP contribution < -0.4 is 10.6 Å². The summed E-state index contributed by atoms with van der Waals surface area (Å²) in [5.41, 5.74) is 0.781. The molecule has 3 aromatic rings. The van der Waals surface area contributed by atoms with Gasteiger partial charge in [0.25, 0.3) is 5.69 Å². The maximum atomic E-state index is 13.3.